The van der Waals surface area contributed by atoms with Crippen LogP contribution in [0.5, 0.6) is 0 Å². The van der Waals surface area contributed by atoms with E-state index in [9.17, 15) is 9.90 Å². The highest BCUT2D eigenvalue weighted by molar-refractivity contribution is 9.09. The lowest BCUT2D eigenvalue weighted by atomic mass is 9.44. The Kier molecular flexibility index (Phi) is 1.56. The van der Waals surface area contributed by atoms with E-state index in [0.29, 0.717) is 0 Å². The highest BCUT2D eigenvalue weighted by Gasteiger charge is 2.80. The van der Waals surface area contributed by atoms with E-state index in [2.05, 4.69) is 36.7 Å². The van der Waals surface area contributed by atoms with Crippen molar-refractivity contribution >= 4 is 21.9 Å². The quantitative estimate of drug-likeness (QED) is 0.723. The predicted molar refractivity (Wildman–Crippen MR) is 53.9 cm³/mol. The van der Waals surface area contributed by atoms with Crippen LogP contribution in [0.15, 0.2) is 0 Å². The van der Waals surface area contributed by atoms with Gasteiger partial charge in [-0.25, -0.2) is 0 Å². The second kappa shape index (κ2) is 2.13. The fraction of sp³-hybridized carbons (Fsp3) is 0.900. The van der Waals surface area contributed by atoms with E-state index in [1.54, 1.807) is 0 Å². The van der Waals surface area contributed by atoms with E-state index >= 15 is 0 Å². The monoisotopic (exact) mass is 246 g/mol. The van der Waals surface area contributed by atoms with Crippen molar-refractivity contribution < 1.29 is 9.90 Å². The van der Waals surface area contributed by atoms with Crippen LogP contribution in [0.4, 0.5) is 0 Å². The highest BCUT2D eigenvalue weighted by Crippen LogP contribution is 2.79. The van der Waals surface area contributed by atoms with Gasteiger partial charge in [0.05, 0.1) is 5.41 Å². The zero-order valence-electron chi connectivity index (χ0n) is 8.22. The van der Waals surface area contributed by atoms with Crippen LogP contribution in [-0.4, -0.2) is 15.9 Å². The van der Waals surface area contributed by atoms with Crippen LogP contribution >= 0.6 is 15.9 Å². The van der Waals surface area contributed by atoms with E-state index in [1.165, 1.54) is 0 Å². The summed E-state index contributed by atoms with van der Waals surface area (Å²) in [7, 11) is 0. The zero-order valence-corrected chi connectivity index (χ0v) is 9.81. The van der Waals surface area contributed by atoms with Gasteiger partial charge in [0.15, 0.2) is 0 Å². The molecule has 1 N–H and O–H groups in total. The summed E-state index contributed by atoms with van der Waals surface area (Å²) in [5, 5.41) is 9.30. The van der Waals surface area contributed by atoms with Gasteiger partial charge >= 0.3 is 5.97 Å². The third kappa shape index (κ3) is 0.641. The molecule has 3 aliphatic rings. The molecule has 13 heavy (non-hydrogen) atoms. The van der Waals surface area contributed by atoms with Gasteiger partial charge in [-0.15, -0.1) is 0 Å². The third-order valence-electron chi connectivity index (χ3n) is 4.96. The number of hydrogen-bond acceptors (Lipinski definition) is 1. The zero-order chi connectivity index (χ0) is 10.1. The van der Waals surface area contributed by atoms with Gasteiger partial charge in [-0.2, -0.15) is 0 Å². The Bertz CT molecular complexity index is 287. The maximum absolute atomic E-state index is 11.3. The van der Waals surface area contributed by atoms with Crippen molar-refractivity contribution in [2.24, 2.45) is 16.2 Å². The predicted octanol–water partition coefficient (Wildman–Crippen LogP) is 2.66. The smallest absolute Gasteiger partial charge is 0.311 e. The van der Waals surface area contributed by atoms with Crippen molar-refractivity contribution in [3.8, 4) is 0 Å². The summed E-state index contributed by atoms with van der Waals surface area (Å²) >= 11 is 3.56. The van der Waals surface area contributed by atoms with Gasteiger partial charge in [0, 0.05) is 4.83 Å². The highest BCUT2D eigenvalue weighted by atomic mass is 79.9. The molecule has 3 saturated carbocycles. The van der Waals surface area contributed by atoms with Crippen LogP contribution in [0.2, 0.25) is 0 Å². The van der Waals surface area contributed by atoms with Gasteiger partial charge in [0.2, 0.25) is 0 Å². The lowest BCUT2D eigenvalue weighted by molar-refractivity contribution is -0.179. The summed E-state index contributed by atoms with van der Waals surface area (Å²) in [6.45, 7) is 6.37. The van der Waals surface area contributed by atoms with E-state index in [0.717, 1.165) is 12.8 Å². The average molecular weight is 247 g/mol. The van der Waals surface area contributed by atoms with Crippen LogP contribution in [0.3, 0.4) is 0 Å². The summed E-state index contributed by atoms with van der Waals surface area (Å²) in [5.74, 6) is -0.630. The van der Waals surface area contributed by atoms with Gasteiger partial charge in [-0.05, 0) is 23.7 Å². The SMILES string of the molecule is CC1(C)[C@]2(C)CC[C@@]1(C(=O)O)[C@H]2Br. The number of carbonyl (C=O) groups is 1. The van der Waals surface area contributed by atoms with E-state index in [1.807, 2.05) is 0 Å². The van der Waals surface area contributed by atoms with Crippen LogP contribution in [-0.2, 0) is 4.79 Å². The summed E-state index contributed by atoms with van der Waals surface area (Å²) in [6.07, 6.45) is 1.85. The van der Waals surface area contributed by atoms with E-state index in [4.69, 9.17) is 0 Å². The summed E-state index contributed by atoms with van der Waals surface area (Å²) in [6, 6.07) is 0. The molecule has 0 amide bonds. The van der Waals surface area contributed by atoms with Crippen LogP contribution in [0, 0.1) is 16.2 Å². The number of alkyl halides is 1. The molecule has 3 aliphatic carbocycles. The standard InChI is InChI=1S/C10H15BrO2/c1-8(2)9(3)4-5-10(8,6(9)11)7(12)13/h6H,4-5H2,1-3H3,(H,12,13)/t6-,9+,10-/m0/s1. The van der Waals surface area contributed by atoms with Crippen LogP contribution in [0.25, 0.3) is 0 Å². The Labute approximate surface area is 86.8 Å². The molecule has 0 aromatic carbocycles. The lowest BCUT2D eigenvalue weighted by Gasteiger charge is -2.63. The van der Waals surface area contributed by atoms with E-state index < -0.39 is 11.4 Å². The van der Waals surface area contributed by atoms with Gasteiger partial charge in [0.1, 0.15) is 0 Å². The number of fused-ring (bicyclic) bond motifs is 1. The molecule has 0 aromatic rings. The normalized spacial score (nSPS) is 51.5. The Balaban J connectivity index is 2.50. The largest absolute Gasteiger partial charge is 0.481 e. The van der Waals surface area contributed by atoms with Crippen molar-refractivity contribution in [3.05, 3.63) is 0 Å². The average Bonchev–Trinajstić information content (AvgIpc) is 2.39. The van der Waals surface area contributed by atoms with Crippen LogP contribution < -0.4 is 0 Å². The number of aliphatic carboxylic acids is 1. The first-order valence-corrected chi connectivity index (χ1v) is 5.60. The Morgan fingerprint density at radius 2 is 1.92 bits per heavy atom. The second-order valence-corrected chi connectivity index (χ2v) is 6.10. The molecule has 2 bridgehead atoms. The van der Waals surface area contributed by atoms with Gasteiger partial charge in [-0.3, -0.25) is 4.79 Å². The molecule has 3 rings (SSSR count). The Morgan fingerprint density at radius 1 is 1.38 bits per heavy atom. The minimum Gasteiger partial charge on any atom is -0.481 e. The molecular formula is C10H15BrO2. The number of rotatable bonds is 1. The molecule has 0 saturated heterocycles. The molecule has 2 nitrogen and oxygen atoms in total. The first kappa shape index (κ1) is 9.50. The first-order valence-electron chi connectivity index (χ1n) is 4.68. The number of carboxylic acid groups (broad SMARTS) is 1. The van der Waals surface area contributed by atoms with Crippen molar-refractivity contribution in [3.63, 3.8) is 0 Å². The van der Waals surface area contributed by atoms with Crippen LogP contribution in [0.1, 0.15) is 33.6 Å². The van der Waals surface area contributed by atoms with Crippen molar-refractivity contribution in [1.82, 2.24) is 0 Å². The molecular weight excluding hydrogens is 232 g/mol. The number of hydrogen-bond donors (Lipinski definition) is 1. The van der Waals surface area contributed by atoms with Gasteiger partial charge in [-0.1, -0.05) is 36.7 Å². The molecule has 3 atom stereocenters. The summed E-state index contributed by atoms with van der Waals surface area (Å²) in [4.78, 5) is 11.5. The summed E-state index contributed by atoms with van der Waals surface area (Å²) in [5.41, 5.74) is -0.410. The third-order valence-corrected chi connectivity index (χ3v) is 6.75. The van der Waals surface area contributed by atoms with Crippen molar-refractivity contribution in [2.75, 3.05) is 0 Å². The fourth-order valence-corrected chi connectivity index (χ4v) is 5.23. The Hall–Kier alpha value is -0.0500. The van der Waals surface area contributed by atoms with E-state index in [-0.39, 0.29) is 15.7 Å². The summed E-state index contributed by atoms with van der Waals surface area (Å²) < 4.78 is 0. The second-order valence-electron chi connectivity index (χ2n) is 5.18. The molecule has 0 aliphatic heterocycles. The van der Waals surface area contributed by atoms with Gasteiger partial charge < -0.3 is 5.11 Å². The maximum Gasteiger partial charge on any atom is 0.311 e. The lowest BCUT2D eigenvalue weighted by Crippen LogP contribution is -2.67. The minimum absolute atomic E-state index is 0.0694. The number of carboxylic acids is 1. The Morgan fingerprint density at radius 3 is 2.08 bits per heavy atom. The molecule has 74 valence electrons. The molecule has 0 spiro atoms. The fourth-order valence-electron chi connectivity index (χ4n) is 3.43. The molecule has 0 radical (unpaired) electrons. The van der Waals surface area contributed by atoms with Gasteiger partial charge in [0.25, 0.3) is 0 Å². The number of halogens is 1. The first-order chi connectivity index (χ1) is 5.81. The molecule has 3 heteroatoms. The minimum atomic E-state index is -0.630. The maximum atomic E-state index is 11.3. The topological polar surface area (TPSA) is 37.3 Å². The molecule has 0 unspecified atom stereocenters. The molecule has 0 heterocycles. The van der Waals surface area contributed by atoms with Crippen molar-refractivity contribution in [2.45, 2.75) is 38.4 Å². The van der Waals surface area contributed by atoms with Crippen molar-refractivity contribution in [1.29, 1.82) is 0 Å². The molecule has 0 aromatic heterocycles. The molecule has 3 fully saturated rings.